The molecule has 0 aromatic carbocycles. The number of ether oxygens (including phenoxy) is 2. The predicted octanol–water partition coefficient (Wildman–Crippen LogP) is -0.109. The van der Waals surface area contributed by atoms with Crippen molar-refractivity contribution in [3.8, 4) is 0 Å². The Bertz CT molecular complexity index is 242. The molecule has 5 nitrogen and oxygen atoms in total. The third kappa shape index (κ3) is 5.38. The van der Waals surface area contributed by atoms with E-state index in [-0.39, 0.29) is 25.2 Å². The molecule has 2 atom stereocenters. The van der Waals surface area contributed by atoms with Gasteiger partial charge in [0, 0.05) is 13.1 Å². The van der Waals surface area contributed by atoms with Crippen molar-refractivity contribution >= 4 is 5.91 Å². The van der Waals surface area contributed by atoms with Gasteiger partial charge in [0.25, 0.3) is 6.43 Å². The van der Waals surface area contributed by atoms with Gasteiger partial charge < -0.3 is 20.5 Å². The Kier molecular flexibility index (Phi) is 6.31. The van der Waals surface area contributed by atoms with Crippen molar-refractivity contribution in [1.82, 2.24) is 5.32 Å². The van der Waals surface area contributed by atoms with E-state index in [4.69, 9.17) is 10.5 Å². The van der Waals surface area contributed by atoms with Gasteiger partial charge in [-0.25, -0.2) is 8.78 Å². The van der Waals surface area contributed by atoms with Gasteiger partial charge in [0.05, 0.1) is 12.7 Å². The molecule has 1 rings (SSSR count). The van der Waals surface area contributed by atoms with Crippen LogP contribution in [0.15, 0.2) is 0 Å². The molecule has 2 unspecified atom stereocenters. The first-order valence-electron chi connectivity index (χ1n) is 5.62. The zero-order chi connectivity index (χ0) is 12.7. The molecule has 0 aliphatic carbocycles. The summed E-state index contributed by atoms with van der Waals surface area (Å²) in [5.74, 6) is -0.235. The lowest BCUT2D eigenvalue weighted by Gasteiger charge is -2.12. The van der Waals surface area contributed by atoms with E-state index in [0.717, 1.165) is 6.42 Å². The monoisotopic (exact) mass is 252 g/mol. The van der Waals surface area contributed by atoms with E-state index in [0.29, 0.717) is 13.0 Å². The molecule has 0 radical (unpaired) electrons. The van der Waals surface area contributed by atoms with E-state index in [1.165, 1.54) is 0 Å². The van der Waals surface area contributed by atoms with Crippen LogP contribution in [-0.4, -0.2) is 50.8 Å². The maximum atomic E-state index is 11.7. The van der Waals surface area contributed by atoms with Gasteiger partial charge in [-0.3, -0.25) is 4.79 Å². The molecular formula is C10H18F2N2O3. The lowest BCUT2D eigenvalue weighted by molar-refractivity contribution is -0.132. The van der Waals surface area contributed by atoms with Crippen molar-refractivity contribution in [2.45, 2.75) is 31.5 Å². The summed E-state index contributed by atoms with van der Waals surface area (Å²) in [6.07, 6.45) is -1.59. The predicted molar refractivity (Wildman–Crippen MR) is 56.8 cm³/mol. The third-order valence-corrected chi connectivity index (χ3v) is 2.45. The molecule has 0 aromatic heterocycles. The minimum absolute atomic E-state index is 0.0548. The Morgan fingerprint density at radius 3 is 2.88 bits per heavy atom. The minimum Gasteiger partial charge on any atom is -0.374 e. The van der Waals surface area contributed by atoms with Gasteiger partial charge in [-0.1, -0.05) is 0 Å². The van der Waals surface area contributed by atoms with Crippen LogP contribution in [0.25, 0.3) is 0 Å². The van der Waals surface area contributed by atoms with Crippen LogP contribution in [0.5, 0.6) is 0 Å². The maximum absolute atomic E-state index is 11.7. The highest BCUT2D eigenvalue weighted by Crippen LogP contribution is 2.18. The van der Waals surface area contributed by atoms with Gasteiger partial charge >= 0.3 is 0 Å². The molecule has 17 heavy (non-hydrogen) atoms. The molecule has 0 aromatic rings. The molecule has 1 amide bonds. The van der Waals surface area contributed by atoms with Crippen LogP contribution in [0.3, 0.4) is 0 Å². The second kappa shape index (κ2) is 7.52. The van der Waals surface area contributed by atoms with Gasteiger partial charge in [-0.2, -0.15) is 0 Å². The fourth-order valence-corrected chi connectivity index (χ4v) is 1.60. The molecule has 0 bridgehead atoms. The number of rotatable bonds is 7. The molecule has 100 valence electrons. The average Bonchev–Trinajstić information content (AvgIpc) is 2.76. The molecule has 1 fully saturated rings. The smallest absolute Gasteiger partial charge is 0.261 e. The first-order valence-corrected chi connectivity index (χ1v) is 5.62. The number of nitrogens with two attached hydrogens (primary N) is 1. The van der Waals surface area contributed by atoms with Gasteiger partial charge in [-0.05, 0) is 12.8 Å². The Balaban J connectivity index is 2.05. The van der Waals surface area contributed by atoms with Crippen LogP contribution in [0.1, 0.15) is 12.8 Å². The third-order valence-electron chi connectivity index (χ3n) is 2.45. The number of carbonyl (C=O) groups excluding carboxylic acids is 1. The Morgan fingerprint density at radius 2 is 2.29 bits per heavy atom. The Hall–Kier alpha value is -0.790. The molecule has 7 heteroatoms. The van der Waals surface area contributed by atoms with Gasteiger partial charge in [0.15, 0.2) is 0 Å². The Morgan fingerprint density at radius 1 is 1.53 bits per heavy atom. The van der Waals surface area contributed by atoms with Gasteiger partial charge in [-0.15, -0.1) is 0 Å². The number of halogens is 2. The van der Waals surface area contributed by atoms with Crippen LogP contribution < -0.4 is 11.1 Å². The van der Waals surface area contributed by atoms with Crippen LogP contribution in [0.2, 0.25) is 0 Å². The number of hydrogen-bond acceptors (Lipinski definition) is 4. The molecule has 1 heterocycles. The summed E-state index contributed by atoms with van der Waals surface area (Å²) in [5.41, 5.74) is 5.42. The maximum Gasteiger partial charge on any atom is 0.261 e. The van der Waals surface area contributed by atoms with E-state index in [1.54, 1.807) is 0 Å². The normalized spacial score (nSPS) is 24.2. The first kappa shape index (κ1) is 14.3. The van der Waals surface area contributed by atoms with Crippen molar-refractivity contribution in [1.29, 1.82) is 0 Å². The minimum atomic E-state index is -2.48. The summed E-state index contributed by atoms with van der Waals surface area (Å²) in [5, 5.41) is 2.57. The molecule has 0 spiro atoms. The number of carbonyl (C=O) groups is 1. The lowest BCUT2D eigenvalue weighted by Crippen LogP contribution is -2.37. The van der Waals surface area contributed by atoms with Gasteiger partial charge in [0.2, 0.25) is 5.91 Å². The summed E-state index contributed by atoms with van der Waals surface area (Å²) in [4.78, 5) is 11.5. The van der Waals surface area contributed by atoms with E-state index in [9.17, 15) is 13.6 Å². The quantitative estimate of drug-likeness (QED) is 0.620. The fourth-order valence-electron chi connectivity index (χ4n) is 1.60. The van der Waals surface area contributed by atoms with Crippen molar-refractivity contribution in [2.75, 3.05) is 26.3 Å². The number of nitrogens with one attached hydrogen (secondary N) is 1. The van der Waals surface area contributed by atoms with Crippen molar-refractivity contribution in [3.63, 3.8) is 0 Å². The zero-order valence-electron chi connectivity index (χ0n) is 9.53. The summed E-state index contributed by atoms with van der Waals surface area (Å²) in [6, 6.07) is 0. The number of hydrogen-bond donors (Lipinski definition) is 2. The molecule has 3 N–H and O–H groups in total. The second-order valence-corrected chi connectivity index (χ2v) is 3.82. The molecular weight excluding hydrogens is 234 g/mol. The van der Waals surface area contributed by atoms with E-state index >= 15 is 0 Å². The zero-order valence-corrected chi connectivity index (χ0v) is 9.53. The fraction of sp³-hybridized carbons (Fsp3) is 0.900. The van der Waals surface area contributed by atoms with E-state index in [1.807, 2.05) is 0 Å². The van der Waals surface area contributed by atoms with E-state index in [2.05, 4.69) is 10.1 Å². The van der Waals surface area contributed by atoms with Crippen LogP contribution in [-0.2, 0) is 14.3 Å². The van der Waals surface area contributed by atoms with Gasteiger partial charge in [0.1, 0.15) is 12.7 Å². The van der Waals surface area contributed by atoms with Crippen molar-refractivity contribution in [2.24, 2.45) is 5.73 Å². The molecule has 0 saturated carbocycles. The van der Waals surface area contributed by atoms with Crippen LogP contribution >= 0.6 is 0 Å². The second-order valence-electron chi connectivity index (χ2n) is 3.82. The molecule has 1 aliphatic heterocycles. The van der Waals surface area contributed by atoms with Crippen LogP contribution in [0.4, 0.5) is 8.78 Å². The highest BCUT2D eigenvalue weighted by molar-refractivity contribution is 5.80. The average molecular weight is 252 g/mol. The molecule has 1 saturated heterocycles. The van der Waals surface area contributed by atoms with E-state index < -0.39 is 19.1 Å². The standard InChI is InChI=1S/C10H18F2N2O3/c11-9(12)6-16-4-3-14-10(15)8-2-1-7(5-13)17-8/h7-9H,1-6,13H2,(H,14,15). The SMILES string of the molecule is NCC1CCC(C(=O)NCCOCC(F)F)O1. The first-order chi connectivity index (χ1) is 8.13. The summed E-state index contributed by atoms with van der Waals surface area (Å²) >= 11 is 0. The summed E-state index contributed by atoms with van der Waals surface area (Å²) in [6.45, 7) is 0.0775. The van der Waals surface area contributed by atoms with Crippen LogP contribution in [0, 0.1) is 0 Å². The largest absolute Gasteiger partial charge is 0.374 e. The highest BCUT2D eigenvalue weighted by Gasteiger charge is 2.29. The highest BCUT2D eigenvalue weighted by atomic mass is 19.3. The van der Waals surface area contributed by atoms with Crippen molar-refractivity contribution < 1.29 is 23.0 Å². The summed E-state index contributed by atoms with van der Waals surface area (Å²) in [7, 11) is 0. The Labute approximate surface area is 98.6 Å². The number of amides is 1. The van der Waals surface area contributed by atoms with Crippen molar-refractivity contribution in [3.05, 3.63) is 0 Å². The molecule has 1 aliphatic rings. The number of alkyl halides is 2. The topological polar surface area (TPSA) is 73.6 Å². The lowest BCUT2D eigenvalue weighted by atomic mass is 10.2. The summed E-state index contributed by atoms with van der Waals surface area (Å²) < 4.78 is 33.4.